The number of hydrogen-bond acceptors (Lipinski definition) is 3. The van der Waals surface area contributed by atoms with Gasteiger partial charge in [0.25, 0.3) is 11.1 Å². The number of benzene rings is 2. The molecule has 0 saturated carbocycles. The molecular formula is C21H17N3O2. The van der Waals surface area contributed by atoms with Gasteiger partial charge in [-0.2, -0.15) is 5.10 Å². The summed E-state index contributed by atoms with van der Waals surface area (Å²) in [6, 6.07) is 19.1. The van der Waals surface area contributed by atoms with Crippen LogP contribution in [0.1, 0.15) is 16.7 Å². The molecule has 0 aliphatic heterocycles. The van der Waals surface area contributed by atoms with Gasteiger partial charge in [0, 0.05) is 28.6 Å². The average molecular weight is 343 g/mol. The third kappa shape index (κ3) is 3.07. The SMILES string of the molecule is Cc1ccc2[nH]c(=O)c(Cc3cc(-c4ccccc4)n[nH]c3=O)cc2c1. The van der Waals surface area contributed by atoms with E-state index in [-0.39, 0.29) is 17.5 Å². The third-order valence-corrected chi connectivity index (χ3v) is 4.41. The van der Waals surface area contributed by atoms with Crippen molar-refractivity contribution in [2.75, 3.05) is 0 Å². The van der Waals surface area contributed by atoms with Crippen LogP contribution in [-0.4, -0.2) is 15.2 Å². The predicted octanol–water partition coefficient (Wildman–Crippen LogP) is 3.18. The number of aromatic nitrogens is 3. The summed E-state index contributed by atoms with van der Waals surface area (Å²) in [5.74, 6) is 0. The fourth-order valence-corrected chi connectivity index (χ4v) is 3.04. The monoisotopic (exact) mass is 343 g/mol. The van der Waals surface area contributed by atoms with Crippen LogP contribution in [-0.2, 0) is 6.42 Å². The van der Waals surface area contributed by atoms with Gasteiger partial charge in [-0.3, -0.25) is 9.59 Å². The molecule has 2 N–H and O–H groups in total. The molecule has 0 aliphatic carbocycles. The van der Waals surface area contributed by atoms with Gasteiger partial charge in [0.1, 0.15) is 0 Å². The second-order valence-corrected chi connectivity index (χ2v) is 6.36. The van der Waals surface area contributed by atoms with Gasteiger partial charge < -0.3 is 4.98 Å². The van der Waals surface area contributed by atoms with E-state index in [1.807, 2.05) is 61.5 Å². The maximum Gasteiger partial charge on any atom is 0.267 e. The zero-order valence-corrected chi connectivity index (χ0v) is 14.2. The third-order valence-electron chi connectivity index (χ3n) is 4.41. The topological polar surface area (TPSA) is 78.6 Å². The zero-order valence-electron chi connectivity index (χ0n) is 14.2. The molecule has 0 amide bonds. The lowest BCUT2D eigenvalue weighted by Gasteiger charge is -2.06. The Morgan fingerprint density at radius 1 is 0.885 bits per heavy atom. The molecule has 0 radical (unpaired) electrons. The van der Waals surface area contributed by atoms with E-state index in [1.165, 1.54) is 0 Å². The molecule has 0 atom stereocenters. The molecule has 26 heavy (non-hydrogen) atoms. The Kier molecular flexibility index (Phi) is 3.97. The van der Waals surface area contributed by atoms with Crippen LogP contribution in [0.5, 0.6) is 0 Å². The van der Waals surface area contributed by atoms with E-state index in [1.54, 1.807) is 6.07 Å². The zero-order chi connectivity index (χ0) is 18.1. The highest BCUT2D eigenvalue weighted by atomic mass is 16.1. The largest absolute Gasteiger partial charge is 0.322 e. The second-order valence-electron chi connectivity index (χ2n) is 6.36. The molecule has 0 saturated heterocycles. The van der Waals surface area contributed by atoms with E-state index < -0.39 is 0 Å². The van der Waals surface area contributed by atoms with Crippen LogP contribution in [0, 0.1) is 6.92 Å². The number of nitrogens with one attached hydrogen (secondary N) is 2. The summed E-state index contributed by atoms with van der Waals surface area (Å²) in [6.07, 6.45) is 0.247. The summed E-state index contributed by atoms with van der Waals surface area (Å²) in [4.78, 5) is 27.5. The van der Waals surface area contributed by atoms with E-state index in [0.717, 1.165) is 22.0 Å². The van der Waals surface area contributed by atoms with Crippen LogP contribution in [0.3, 0.4) is 0 Å². The first kappa shape index (κ1) is 16.0. The molecule has 4 aromatic rings. The minimum absolute atomic E-state index is 0.182. The molecular weight excluding hydrogens is 326 g/mol. The maximum atomic E-state index is 12.4. The molecule has 2 aromatic heterocycles. The Hall–Kier alpha value is -3.47. The molecule has 0 unspecified atom stereocenters. The van der Waals surface area contributed by atoms with Crippen LogP contribution < -0.4 is 11.1 Å². The fraction of sp³-hybridized carbons (Fsp3) is 0.0952. The molecule has 5 heteroatoms. The highest BCUT2D eigenvalue weighted by molar-refractivity contribution is 5.79. The number of nitrogens with zero attached hydrogens (tertiary/aromatic N) is 1. The first-order chi connectivity index (χ1) is 12.6. The summed E-state index contributed by atoms with van der Waals surface area (Å²) in [5.41, 5.74) is 4.09. The van der Waals surface area contributed by atoms with E-state index >= 15 is 0 Å². The van der Waals surface area contributed by atoms with Crippen molar-refractivity contribution in [3.05, 3.63) is 98.1 Å². The molecule has 5 nitrogen and oxygen atoms in total. The summed E-state index contributed by atoms with van der Waals surface area (Å²) in [7, 11) is 0. The van der Waals surface area contributed by atoms with Crippen LogP contribution in [0.2, 0.25) is 0 Å². The average Bonchev–Trinajstić information content (AvgIpc) is 2.65. The first-order valence-corrected chi connectivity index (χ1v) is 8.37. The Morgan fingerprint density at radius 2 is 1.65 bits per heavy atom. The van der Waals surface area contributed by atoms with Crippen LogP contribution >= 0.6 is 0 Å². The predicted molar refractivity (Wildman–Crippen MR) is 102 cm³/mol. The molecule has 0 fully saturated rings. The van der Waals surface area contributed by atoms with Gasteiger partial charge in [-0.1, -0.05) is 42.0 Å². The van der Waals surface area contributed by atoms with Gasteiger partial charge in [-0.15, -0.1) is 0 Å². The number of H-pyrrole nitrogens is 2. The van der Waals surface area contributed by atoms with Crippen molar-refractivity contribution in [1.82, 2.24) is 15.2 Å². The minimum atomic E-state index is -0.284. The van der Waals surface area contributed by atoms with Gasteiger partial charge in [0.2, 0.25) is 0 Å². The Labute approximate surface area is 149 Å². The number of aromatic amines is 2. The molecule has 4 rings (SSSR count). The van der Waals surface area contributed by atoms with Gasteiger partial charge in [0.15, 0.2) is 0 Å². The van der Waals surface area contributed by atoms with E-state index in [4.69, 9.17) is 0 Å². The quantitative estimate of drug-likeness (QED) is 0.600. The van der Waals surface area contributed by atoms with Gasteiger partial charge in [-0.25, -0.2) is 5.10 Å². The normalized spacial score (nSPS) is 11.0. The van der Waals surface area contributed by atoms with Crippen LogP contribution in [0.15, 0.2) is 70.3 Å². The first-order valence-electron chi connectivity index (χ1n) is 8.37. The molecule has 0 aliphatic rings. The number of pyridine rings is 1. The molecule has 2 aromatic carbocycles. The Morgan fingerprint density at radius 3 is 2.46 bits per heavy atom. The summed E-state index contributed by atoms with van der Waals surface area (Å²) in [5, 5.41) is 7.60. The van der Waals surface area contributed by atoms with Crippen LogP contribution in [0.4, 0.5) is 0 Å². The lowest BCUT2D eigenvalue weighted by atomic mass is 10.0. The van der Waals surface area contributed by atoms with Gasteiger partial charge in [0.05, 0.1) is 5.69 Å². The summed E-state index contributed by atoms with van der Waals surface area (Å²) >= 11 is 0. The van der Waals surface area contributed by atoms with E-state index in [9.17, 15) is 9.59 Å². The highest BCUT2D eigenvalue weighted by Crippen LogP contribution is 2.17. The van der Waals surface area contributed by atoms with Crippen molar-refractivity contribution in [3.63, 3.8) is 0 Å². The van der Waals surface area contributed by atoms with Gasteiger partial charge >= 0.3 is 0 Å². The highest BCUT2D eigenvalue weighted by Gasteiger charge is 2.10. The number of fused-ring (bicyclic) bond motifs is 1. The van der Waals surface area contributed by atoms with Crippen molar-refractivity contribution in [1.29, 1.82) is 0 Å². The van der Waals surface area contributed by atoms with E-state index in [2.05, 4.69) is 15.2 Å². The summed E-state index contributed by atoms with van der Waals surface area (Å²) < 4.78 is 0. The maximum absolute atomic E-state index is 12.4. The molecule has 0 spiro atoms. The lowest BCUT2D eigenvalue weighted by Crippen LogP contribution is -2.19. The molecule has 128 valence electrons. The molecule has 0 bridgehead atoms. The van der Waals surface area contributed by atoms with Gasteiger partial charge in [-0.05, 0) is 36.6 Å². The molecule has 2 heterocycles. The fourth-order valence-electron chi connectivity index (χ4n) is 3.04. The van der Waals surface area contributed by atoms with Crippen molar-refractivity contribution in [3.8, 4) is 11.3 Å². The number of rotatable bonds is 3. The second kappa shape index (κ2) is 6.44. The summed E-state index contributed by atoms with van der Waals surface area (Å²) in [6.45, 7) is 2.00. The van der Waals surface area contributed by atoms with Crippen molar-refractivity contribution in [2.24, 2.45) is 0 Å². The van der Waals surface area contributed by atoms with Crippen LogP contribution in [0.25, 0.3) is 22.2 Å². The smallest absolute Gasteiger partial charge is 0.267 e. The standard InChI is InChI=1S/C21H17N3O2/c1-13-7-8-18-15(9-13)10-16(20(25)22-18)11-17-12-19(23-24-21(17)26)14-5-3-2-4-6-14/h2-10,12H,11H2,1H3,(H,22,25)(H,24,26). The Balaban J connectivity index is 1.78. The number of hydrogen-bond donors (Lipinski definition) is 2. The Bertz CT molecular complexity index is 1210. The van der Waals surface area contributed by atoms with E-state index in [0.29, 0.717) is 16.8 Å². The lowest BCUT2D eigenvalue weighted by molar-refractivity contribution is 0.950. The minimum Gasteiger partial charge on any atom is -0.322 e. The van der Waals surface area contributed by atoms with Crippen molar-refractivity contribution >= 4 is 10.9 Å². The van der Waals surface area contributed by atoms with Crippen molar-refractivity contribution in [2.45, 2.75) is 13.3 Å². The number of aryl methyl sites for hydroxylation is 1. The van der Waals surface area contributed by atoms with Crippen molar-refractivity contribution < 1.29 is 0 Å².